The average Bonchev–Trinajstić information content (AvgIpc) is 2.09. The van der Waals surface area contributed by atoms with E-state index in [1.54, 1.807) is 22.6 Å². The molecule has 0 bridgehead atoms. The predicted octanol–water partition coefficient (Wildman–Crippen LogP) is 3.36. The number of ether oxygens (including phenoxy) is 1. The molecule has 0 amide bonds. The quantitative estimate of drug-likeness (QED) is 0.470. The zero-order valence-electron chi connectivity index (χ0n) is 7.53. The topological polar surface area (TPSA) is 22.1 Å². The molecule has 0 atom stereocenters. The molecule has 84 valence electrons. The molecule has 0 aromatic carbocycles. The Morgan fingerprint density at radius 2 is 2.07 bits per heavy atom. The van der Waals surface area contributed by atoms with Crippen LogP contribution in [0.5, 0.6) is 5.75 Å². The number of rotatable bonds is 2. The Morgan fingerprint density at radius 3 is 2.53 bits per heavy atom. The van der Waals surface area contributed by atoms with Crippen molar-refractivity contribution >= 4 is 22.6 Å². The molecule has 1 aromatic rings. The second-order valence-electron chi connectivity index (χ2n) is 2.70. The van der Waals surface area contributed by atoms with Crippen LogP contribution in [0.25, 0.3) is 0 Å². The molecule has 0 N–H and O–H groups in total. The van der Waals surface area contributed by atoms with Crippen LogP contribution in [-0.4, -0.2) is 11.3 Å². The van der Waals surface area contributed by atoms with Gasteiger partial charge in [-0.2, -0.15) is 0 Å². The molecule has 0 saturated heterocycles. The zero-order valence-corrected chi connectivity index (χ0v) is 9.69. The monoisotopic (exact) mass is 335 g/mol. The van der Waals surface area contributed by atoms with Gasteiger partial charge in [0.2, 0.25) is 0 Å². The van der Waals surface area contributed by atoms with Crippen LogP contribution in [-0.2, 0) is 6.67 Å². The predicted molar refractivity (Wildman–Crippen MR) is 53.2 cm³/mol. The van der Waals surface area contributed by atoms with E-state index < -0.39 is 18.8 Å². The summed E-state index contributed by atoms with van der Waals surface area (Å²) in [6.45, 7) is 0.492. The van der Waals surface area contributed by atoms with Crippen molar-refractivity contribution in [2.24, 2.45) is 0 Å². The lowest BCUT2D eigenvalue weighted by atomic mass is 10.2. The Balaban J connectivity index is 3.11. The van der Waals surface area contributed by atoms with Crippen molar-refractivity contribution in [3.8, 4) is 5.75 Å². The normalized spacial score (nSPS) is 11.6. The van der Waals surface area contributed by atoms with Gasteiger partial charge in [-0.3, -0.25) is 0 Å². The van der Waals surface area contributed by atoms with Gasteiger partial charge in [-0.05, 0) is 29.5 Å². The van der Waals surface area contributed by atoms with Crippen molar-refractivity contribution in [1.29, 1.82) is 0 Å². The first-order valence-electron chi connectivity index (χ1n) is 3.81. The molecule has 1 aromatic heterocycles. The lowest BCUT2D eigenvalue weighted by molar-refractivity contribution is -0.275. The van der Waals surface area contributed by atoms with Crippen LogP contribution in [0.1, 0.15) is 11.1 Å². The van der Waals surface area contributed by atoms with Crippen LogP contribution in [0, 0.1) is 10.6 Å². The maximum atomic E-state index is 12.5. The number of alkyl halides is 4. The average molecular weight is 335 g/mol. The van der Waals surface area contributed by atoms with Crippen LogP contribution in [0.2, 0.25) is 0 Å². The molecule has 2 nitrogen and oxygen atoms in total. The lowest BCUT2D eigenvalue weighted by Crippen LogP contribution is -2.18. The summed E-state index contributed by atoms with van der Waals surface area (Å²) in [5.74, 6) is -0.462. The van der Waals surface area contributed by atoms with Gasteiger partial charge in [0.25, 0.3) is 0 Å². The van der Waals surface area contributed by atoms with Crippen molar-refractivity contribution in [3.05, 3.63) is 21.0 Å². The van der Waals surface area contributed by atoms with E-state index in [4.69, 9.17) is 0 Å². The SMILES string of the molecule is Cc1c(OC(F)(F)F)cnc(I)c1CF. The lowest BCUT2D eigenvalue weighted by Gasteiger charge is -2.13. The zero-order chi connectivity index (χ0) is 11.6. The van der Waals surface area contributed by atoms with Gasteiger partial charge in [-0.1, -0.05) is 0 Å². The standard InChI is InChI=1S/C8H6F4INO/c1-4-5(2-9)7(13)14-3-6(4)15-8(10,11)12/h3H,2H2,1H3. The van der Waals surface area contributed by atoms with E-state index in [1.807, 2.05) is 0 Å². The summed E-state index contributed by atoms with van der Waals surface area (Å²) >= 11 is 1.75. The first-order chi connectivity index (χ1) is 6.85. The van der Waals surface area contributed by atoms with Crippen LogP contribution < -0.4 is 4.74 Å². The van der Waals surface area contributed by atoms with Crippen LogP contribution in [0.15, 0.2) is 6.20 Å². The summed E-state index contributed by atoms with van der Waals surface area (Å²) in [5.41, 5.74) is 0.242. The molecule has 1 rings (SSSR count). The van der Waals surface area contributed by atoms with Crippen LogP contribution >= 0.6 is 22.6 Å². The van der Waals surface area contributed by atoms with Crippen molar-refractivity contribution < 1.29 is 22.3 Å². The number of halogens is 5. The van der Waals surface area contributed by atoms with E-state index in [0.29, 0.717) is 3.70 Å². The fourth-order valence-electron chi connectivity index (χ4n) is 0.976. The molecule has 0 aliphatic carbocycles. The molecule has 0 fully saturated rings. The molecule has 15 heavy (non-hydrogen) atoms. The third kappa shape index (κ3) is 3.18. The van der Waals surface area contributed by atoms with Gasteiger partial charge in [0.1, 0.15) is 10.4 Å². The summed E-state index contributed by atoms with van der Waals surface area (Å²) in [7, 11) is 0. The highest BCUT2D eigenvalue weighted by Crippen LogP contribution is 2.29. The maximum absolute atomic E-state index is 12.5. The van der Waals surface area contributed by atoms with Gasteiger partial charge in [0.15, 0.2) is 5.75 Å². The molecule has 0 aliphatic heterocycles. The van der Waals surface area contributed by atoms with Gasteiger partial charge < -0.3 is 4.74 Å². The summed E-state index contributed by atoms with van der Waals surface area (Å²) in [5, 5.41) is 0. The van der Waals surface area contributed by atoms with Crippen molar-refractivity contribution in [3.63, 3.8) is 0 Å². The Kier molecular flexibility index (Phi) is 3.74. The van der Waals surface area contributed by atoms with Gasteiger partial charge in [0, 0.05) is 11.1 Å². The van der Waals surface area contributed by atoms with Crippen molar-refractivity contribution in [2.75, 3.05) is 0 Å². The third-order valence-corrected chi connectivity index (χ3v) is 2.66. The number of hydrogen-bond acceptors (Lipinski definition) is 2. The highest BCUT2D eigenvalue weighted by Gasteiger charge is 2.32. The second kappa shape index (κ2) is 4.50. The number of aromatic nitrogens is 1. The number of nitrogens with zero attached hydrogens (tertiary/aromatic N) is 1. The van der Waals surface area contributed by atoms with E-state index in [1.165, 1.54) is 6.92 Å². The number of pyridine rings is 1. The smallest absolute Gasteiger partial charge is 0.404 e. The van der Waals surface area contributed by atoms with Crippen molar-refractivity contribution in [2.45, 2.75) is 20.0 Å². The van der Waals surface area contributed by atoms with Gasteiger partial charge in [0.05, 0.1) is 6.20 Å². The summed E-state index contributed by atoms with van der Waals surface area (Å²) in [4.78, 5) is 3.62. The van der Waals surface area contributed by atoms with E-state index in [2.05, 4.69) is 9.72 Å². The number of hydrogen-bond donors (Lipinski definition) is 0. The largest absolute Gasteiger partial charge is 0.573 e. The minimum absolute atomic E-state index is 0.120. The van der Waals surface area contributed by atoms with Gasteiger partial charge >= 0.3 is 6.36 Å². The maximum Gasteiger partial charge on any atom is 0.573 e. The van der Waals surface area contributed by atoms with E-state index in [0.717, 1.165) is 6.20 Å². The molecule has 7 heteroatoms. The highest BCUT2D eigenvalue weighted by molar-refractivity contribution is 14.1. The summed E-state index contributed by atoms with van der Waals surface area (Å²) < 4.78 is 52.2. The molecule has 0 unspecified atom stereocenters. The molecule has 1 heterocycles. The molecule has 0 saturated carbocycles. The van der Waals surface area contributed by atoms with Gasteiger partial charge in [-0.25, -0.2) is 9.37 Å². The molecule has 0 radical (unpaired) electrons. The van der Waals surface area contributed by atoms with Crippen LogP contribution in [0.3, 0.4) is 0 Å². The van der Waals surface area contributed by atoms with Gasteiger partial charge in [-0.15, -0.1) is 13.2 Å². The van der Waals surface area contributed by atoms with E-state index in [-0.39, 0.29) is 11.1 Å². The molecular weight excluding hydrogens is 329 g/mol. The molecule has 0 aliphatic rings. The fourth-order valence-corrected chi connectivity index (χ4v) is 1.66. The Morgan fingerprint density at radius 1 is 1.47 bits per heavy atom. The summed E-state index contributed by atoms with van der Waals surface area (Å²) in [6.07, 6.45) is -3.85. The second-order valence-corrected chi connectivity index (χ2v) is 3.72. The molecule has 0 spiro atoms. The first-order valence-corrected chi connectivity index (χ1v) is 4.88. The minimum Gasteiger partial charge on any atom is -0.404 e. The Labute approximate surface area is 96.8 Å². The Hall–Kier alpha value is -0.600. The highest BCUT2D eigenvalue weighted by atomic mass is 127. The van der Waals surface area contributed by atoms with E-state index in [9.17, 15) is 17.6 Å². The van der Waals surface area contributed by atoms with E-state index >= 15 is 0 Å². The first kappa shape index (κ1) is 12.5. The van der Waals surface area contributed by atoms with Crippen LogP contribution in [0.4, 0.5) is 17.6 Å². The minimum atomic E-state index is -4.78. The fraction of sp³-hybridized carbons (Fsp3) is 0.375. The summed E-state index contributed by atoms with van der Waals surface area (Å²) in [6, 6.07) is 0. The molecular formula is C8H6F4INO. The Bertz CT molecular complexity index is 366. The third-order valence-electron chi connectivity index (χ3n) is 1.73. The van der Waals surface area contributed by atoms with Crippen molar-refractivity contribution in [1.82, 2.24) is 4.98 Å².